The van der Waals surface area contributed by atoms with E-state index in [-0.39, 0.29) is 5.15 Å². The molecule has 0 aromatic carbocycles. The zero-order chi connectivity index (χ0) is 19.6. The summed E-state index contributed by atoms with van der Waals surface area (Å²) in [6.45, 7) is 5.91. The second-order valence-electron chi connectivity index (χ2n) is 7.14. The van der Waals surface area contributed by atoms with Gasteiger partial charge in [0.2, 0.25) is 5.95 Å². The number of aromatic nitrogens is 4. The van der Waals surface area contributed by atoms with Crippen LogP contribution in [0.2, 0.25) is 5.15 Å². The molecule has 0 saturated carbocycles. The fourth-order valence-corrected chi connectivity index (χ4v) is 4.47. The maximum absolute atomic E-state index is 6.42. The third kappa shape index (κ3) is 3.94. The summed E-state index contributed by atoms with van der Waals surface area (Å²) in [7, 11) is 0. The van der Waals surface area contributed by atoms with Crippen LogP contribution in [-0.2, 0) is 6.61 Å². The van der Waals surface area contributed by atoms with E-state index in [4.69, 9.17) is 26.3 Å². The molecule has 0 unspecified atom stereocenters. The van der Waals surface area contributed by atoms with E-state index in [9.17, 15) is 0 Å². The molecule has 3 aromatic heterocycles. The number of piperazine rings is 1. The Balaban J connectivity index is 1.54. The van der Waals surface area contributed by atoms with Crippen LogP contribution in [0.3, 0.4) is 0 Å². The molecule has 10 heteroatoms. The molecule has 0 atom stereocenters. The molecule has 1 N–H and O–H groups in total. The molecule has 2 fully saturated rings. The zero-order valence-corrected chi connectivity index (χ0v) is 17.5. The van der Waals surface area contributed by atoms with Gasteiger partial charge >= 0.3 is 0 Å². The lowest BCUT2D eigenvalue weighted by Crippen LogP contribution is -2.44. The molecule has 2 aliphatic rings. The third-order valence-corrected chi connectivity index (χ3v) is 6.26. The molecular formula is C19H22ClN7OS. The molecule has 8 nitrogen and oxygen atoms in total. The topological polar surface area (TPSA) is 79.3 Å². The van der Waals surface area contributed by atoms with E-state index < -0.39 is 0 Å². The molecule has 5 heterocycles. The van der Waals surface area contributed by atoms with Crippen molar-refractivity contribution in [3.05, 3.63) is 27.5 Å². The van der Waals surface area contributed by atoms with Crippen LogP contribution in [0.5, 0.6) is 5.88 Å². The quantitative estimate of drug-likeness (QED) is 0.660. The highest BCUT2D eigenvalue weighted by atomic mass is 35.5. The van der Waals surface area contributed by atoms with Crippen LogP contribution in [0.25, 0.3) is 11.2 Å². The Morgan fingerprint density at radius 2 is 1.86 bits per heavy atom. The molecule has 0 aliphatic carbocycles. The summed E-state index contributed by atoms with van der Waals surface area (Å²) in [6, 6.07) is 4.01. The highest BCUT2D eigenvalue weighted by molar-refractivity contribution is 7.09. The Hall–Kier alpha value is -2.23. The summed E-state index contributed by atoms with van der Waals surface area (Å²) in [5, 5.41) is 5.63. The van der Waals surface area contributed by atoms with Gasteiger partial charge in [0.25, 0.3) is 5.88 Å². The first-order valence-electron chi connectivity index (χ1n) is 9.89. The summed E-state index contributed by atoms with van der Waals surface area (Å²) in [5.74, 6) is 1.83. The lowest BCUT2D eigenvalue weighted by atomic mass is 10.3. The maximum Gasteiger partial charge on any atom is 0.254 e. The lowest BCUT2D eigenvalue weighted by Gasteiger charge is -2.28. The van der Waals surface area contributed by atoms with Crippen molar-refractivity contribution >= 4 is 45.9 Å². The lowest BCUT2D eigenvalue weighted by molar-refractivity contribution is 0.297. The van der Waals surface area contributed by atoms with Crippen LogP contribution < -0.4 is 19.9 Å². The van der Waals surface area contributed by atoms with Crippen molar-refractivity contribution in [1.29, 1.82) is 0 Å². The molecule has 0 amide bonds. The summed E-state index contributed by atoms with van der Waals surface area (Å²) >= 11 is 8.05. The van der Waals surface area contributed by atoms with Crippen molar-refractivity contribution in [2.24, 2.45) is 0 Å². The van der Waals surface area contributed by atoms with Crippen LogP contribution in [0, 0.1) is 0 Å². The van der Waals surface area contributed by atoms with Crippen molar-refractivity contribution in [1.82, 2.24) is 25.3 Å². The minimum atomic E-state index is 0.244. The van der Waals surface area contributed by atoms with Crippen LogP contribution in [0.4, 0.5) is 11.8 Å². The molecule has 2 aliphatic heterocycles. The van der Waals surface area contributed by atoms with Gasteiger partial charge in [0.15, 0.2) is 22.1 Å². The number of hydrogen-bond acceptors (Lipinski definition) is 9. The van der Waals surface area contributed by atoms with Crippen LogP contribution in [-0.4, -0.2) is 59.2 Å². The van der Waals surface area contributed by atoms with Gasteiger partial charge in [-0.05, 0) is 24.3 Å². The Bertz CT molecular complexity index is 988. The average Bonchev–Trinajstić information content (AvgIpc) is 3.46. The second kappa shape index (κ2) is 8.25. The first-order valence-corrected chi connectivity index (χ1v) is 11.1. The van der Waals surface area contributed by atoms with E-state index in [0.29, 0.717) is 29.6 Å². The van der Waals surface area contributed by atoms with E-state index in [1.54, 1.807) is 11.3 Å². The van der Waals surface area contributed by atoms with E-state index in [1.807, 2.05) is 17.5 Å². The Morgan fingerprint density at radius 1 is 1.03 bits per heavy atom. The fourth-order valence-electron chi connectivity index (χ4n) is 3.67. The van der Waals surface area contributed by atoms with Crippen molar-refractivity contribution < 1.29 is 4.74 Å². The predicted molar refractivity (Wildman–Crippen MR) is 115 cm³/mol. The van der Waals surface area contributed by atoms with E-state index in [1.165, 1.54) is 0 Å². The van der Waals surface area contributed by atoms with Crippen molar-refractivity contribution in [3.63, 3.8) is 0 Å². The Morgan fingerprint density at radius 3 is 2.62 bits per heavy atom. The molecular weight excluding hydrogens is 410 g/mol. The molecule has 29 heavy (non-hydrogen) atoms. The first-order chi connectivity index (χ1) is 14.3. The second-order valence-corrected chi connectivity index (χ2v) is 8.53. The SMILES string of the molecule is Clc1nc2c(N3CCCC3)nc(N3CCNCC3)nc2nc1OCc1cccs1. The molecule has 5 rings (SSSR count). The van der Waals surface area contributed by atoms with Crippen LogP contribution in [0.15, 0.2) is 17.5 Å². The number of thiophene rings is 1. The normalized spacial score (nSPS) is 17.3. The number of nitrogens with zero attached hydrogens (tertiary/aromatic N) is 6. The van der Waals surface area contributed by atoms with Crippen molar-refractivity contribution in [2.75, 3.05) is 49.1 Å². The first kappa shape index (κ1) is 18.8. The highest BCUT2D eigenvalue weighted by Crippen LogP contribution is 2.31. The molecule has 3 aromatic rings. The average molecular weight is 432 g/mol. The third-order valence-electron chi connectivity index (χ3n) is 5.17. The van der Waals surface area contributed by atoms with Crippen molar-refractivity contribution in [3.8, 4) is 5.88 Å². The molecule has 2 saturated heterocycles. The van der Waals surface area contributed by atoms with Crippen molar-refractivity contribution in [2.45, 2.75) is 19.4 Å². The van der Waals surface area contributed by atoms with E-state index in [0.717, 1.165) is 62.8 Å². The number of rotatable bonds is 5. The summed E-state index contributed by atoms with van der Waals surface area (Å²) < 4.78 is 5.85. The minimum absolute atomic E-state index is 0.244. The van der Waals surface area contributed by atoms with Gasteiger partial charge in [-0.3, -0.25) is 0 Å². The summed E-state index contributed by atoms with van der Waals surface area (Å²) in [5.41, 5.74) is 1.17. The number of fused-ring (bicyclic) bond motifs is 1. The number of anilines is 2. The van der Waals surface area contributed by atoms with Gasteiger partial charge in [-0.1, -0.05) is 17.7 Å². The number of hydrogen-bond donors (Lipinski definition) is 1. The monoisotopic (exact) mass is 431 g/mol. The molecule has 0 radical (unpaired) electrons. The standard InChI is InChI=1S/C19H22ClN7OS/c20-15-18(28-12-13-4-3-11-29-13)23-16-14(22-15)17(26-7-1-2-8-26)25-19(24-16)27-9-5-21-6-10-27/h3-4,11,21H,1-2,5-10,12H2. The van der Waals surface area contributed by atoms with E-state index >= 15 is 0 Å². The van der Waals surface area contributed by atoms with Crippen LogP contribution in [0.1, 0.15) is 17.7 Å². The van der Waals surface area contributed by atoms with Gasteiger partial charge < -0.3 is 19.9 Å². The van der Waals surface area contributed by atoms with Gasteiger partial charge in [0.1, 0.15) is 6.61 Å². The van der Waals surface area contributed by atoms with Gasteiger partial charge in [0, 0.05) is 44.1 Å². The largest absolute Gasteiger partial charge is 0.470 e. The minimum Gasteiger partial charge on any atom is -0.470 e. The highest BCUT2D eigenvalue weighted by Gasteiger charge is 2.24. The fraction of sp³-hybridized carbons (Fsp3) is 0.474. The van der Waals surface area contributed by atoms with Gasteiger partial charge in [-0.25, -0.2) is 4.98 Å². The zero-order valence-electron chi connectivity index (χ0n) is 16.0. The molecule has 152 valence electrons. The summed E-state index contributed by atoms with van der Waals surface area (Å²) in [6.07, 6.45) is 2.30. The van der Waals surface area contributed by atoms with E-state index in [2.05, 4.69) is 25.1 Å². The predicted octanol–water partition coefficient (Wildman–Crippen LogP) is 2.72. The number of ether oxygens (including phenoxy) is 1. The summed E-state index contributed by atoms with van der Waals surface area (Å²) in [4.78, 5) is 24.4. The van der Waals surface area contributed by atoms with Gasteiger partial charge in [-0.15, -0.1) is 11.3 Å². The Labute approximate surface area is 177 Å². The number of halogens is 1. The Kier molecular flexibility index (Phi) is 5.34. The van der Waals surface area contributed by atoms with Gasteiger partial charge in [0.05, 0.1) is 0 Å². The smallest absolute Gasteiger partial charge is 0.254 e. The van der Waals surface area contributed by atoms with Crippen LogP contribution >= 0.6 is 22.9 Å². The molecule has 0 bridgehead atoms. The number of nitrogens with one attached hydrogen (secondary N) is 1. The molecule has 0 spiro atoms. The van der Waals surface area contributed by atoms with Gasteiger partial charge in [-0.2, -0.15) is 15.0 Å². The maximum atomic E-state index is 6.42.